The Bertz CT molecular complexity index is 373. The van der Waals surface area contributed by atoms with Crippen molar-refractivity contribution in [3.8, 4) is 0 Å². The lowest BCUT2D eigenvalue weighted by molar-refractivity contribution is 0.520. The molecule has 0 amide bonds. The molecule has 0 heterocycles. The largest absolute Gasteiger partial charge is 0.314 e. The van der Waals surface area contributed by atoms with Crippen LogP contribution < -0.4 is 5.32 Å². The third-order valence-corrected chi connectivity index (χ3v) is 4.41. The molecule has 0 saturated heterocycles. The summed E-state index contributed by atoms with van der Waals surface area (Å²) < 4.78 is 0. The summed E-state index contributed by atoms with van der Waals surface area (Å²) in [6.45, 7) is 10.1. The summed E-state index contributed by atoms with van der Waals surface area (Å²) in [5, 5.41) is 3.60. The highest BCUT2D eigenvalue weighted by molar-refractivity contribution is 5.35. The molecule has 1 fully saturated rings. The van der Waals surface area contributed by atoms with Crippen molar-refractivity contribution in [2.75, 3.05) is 6.54 Å². The Morgan fingerprint density at radius 2 is 1.72 bits per heavy atom. The van der Waals surface area contributed by atoms with Crippen LogP contribution in [0.2, 0.25) is 0 Å². The average Bonchev–Trinajstić information content (AvgIpc) is 3.17. The maximum atomic E-state index is 3.60. The van der Waals surface area contributed by atoms with E-state index in [4.69, 9.17) is 0 Å². The fourth-order valence-corrected chi connectivity index (χ4v) is 2.52. The van der Waals surface area contributed by atoms with Crippen molar-refractivity contribution < 1.29 is 0 Å². The Morgan fingerprint density at radius 3 is 2.17 bits per heavy atom. The predicted molar refractivity (Wildman–Crippen MR) is 79.2 cm³/mol. The highest BCUT2D eigenvalue weighted by Crippen LogP contribution is 2.47. The van der Waals surface area contributed by atoms with Crippen LogP contribution in [0.15, 0.2) is 24.3 Å². The van der Waals surface area contributed by atoms with Gasteiger partial charge in [0.15, 0.2) is 0 Å². The summed E-state index contributed by atoms with van der Waals surface area (Å²) in [5.41, 5.74) is 3.45. The van der Waals surface area contributed by atoms with Crippen LogP contribution in [0.5, 0.6) is 0 Å². The molecule has 1 heteroatoms. The van der Waals surface area contributed by atoms with E-state index in [1.54, 1.807) is 0 Å². The van der Waals surface area contributed by atoms with Crippen molar-refractivity contribution in [3.05, 3.63) is 35.4 Å². The molecule has 1 aliphatic rings. The van der Waals surface area contributed by atoms with Crippen LogP contribution in [0.1, 0.15) is 64.0 Å². The predicted octanol–water partition coefficient (Wildman–Crippen LogP) is 4.23. The average molecular weight is 245 g/mol. The van der Waals surface area contributed by atoms with Gasteiger partial charge in [-0.05, 0) is 36.3 Å². The zero-order valence-electron chi connectivity index (χ0n) is 12.3. The van der Waals surface area contributed by atoms with Crippen LogP contribution in [0, 0.1) is 0 Å². The SMILES string of the molecule is CCC(C)c1ccc(C2(CNC(C)C)CC2)cc1. The molecule has 100 valence electrons. The highest BCUT2D eigenvalue weighted by Gasteiger charge is 2.43. The van der Waals surface area contributed by atoms with Crippen molar-refractivity contribution in [2.24, 2.45) is 0 Å². The van der Waals surface area contributed by atoms with E-state index < -0.39 is 0 Å². The fraction of sp³-hybridized carbons (Fsp3) is 0.647. The molecular formula is C17H27N. The van der Waals surface area contributed by atoms with Gasteiger partial charge < -0.3 is 5.32 Å². The van der Waals surface area contributed by atoms with Gasteiger partial charge in [-0.2, -0.15) is 0 Å². The topological polar surface area (TPSA) is 12.0 Å². The Labute approximate surface area is 112 Å². The van der Waals surface area contributed by atoms with Crippen molar-refractivity contribution in [1.82, 2.24) is 5.32 Å². The molecule has 0 aliphatic heterocycles. The third kappa shape index (κ3) is 2.95. The van der Waals surface area contributed by atoms with Crippen LogP contribution >= 0.6 is 0 Å². The first-order chi connectivity index (χ1) is 8.57. The summed E-state index contributed by atoms with van der Waals surface area (Å²) in [7, 11) is 0. The standard InChI is InChI=1S/C17H27N/c1-5-14(4)15-6-8-16(9-7-15)17(10-11-17)12-18-13(2)3/h6-9,13-14,18H,5,10-12H2,1-4H3. The van der Waals surface area contributed by atoms with Gasteiger partial charge in [0.25, 0.3) is 0 Å². The molecule has 1 N–H and O–H groups in total. The molecule has 2 rings (SSSR count). The van der Waals surface area contributed by atoms with Gasteiger partial charge in [0, 0.05) is 18.0 Å². The van der Waals surface area contributed by atoms with Crippen LogP contribution in [-0.2, 0) is 5.41 Å². The van der Waals surface area contributed by atoms with E-state index in [1.165, 1.54) is 30.4 Å². The zero-order chi connectivity index (χ0) is 13.2. The monoisotopic (exact) mass is 245 g/mol. The van der Waals surface area contributed by atoms with Gasteiger partial charge in [0.1, 0.15) is 0 Å². The first kappa shape index (κ1) is 13.6. The smallest absolute Gasteiger partial charge is 0.00785 e. The summed E-state index contributed by atoms with van der Waals surface area (Å²) in [6, 6.07) is 9.96. The van der Waals surface area contributed by atoms with E-state index in [1.807, 2.05) is 0 Å². The minimum absolute atomic E-state index is 0.443. The van der Waals surface area contributed by atoms with Crippen LogP contribution in [0.3, 0.4) is 0 Å². The van der Waals surface area contributed by atoms with Gasteiger partial charge in [-0.25, -0.2) is 0 Å². The summed E-state index contributed by atoms with van der Waals surface area (Å²) in [5.74, 6) is 0.683. The molecule has 18 heavy (non-hydrogen) atoms. The number of benzene rings is 1. The maximum Gasteiger partial charge on any atom is 0.00785 e. The number of hydrogen-bond donors (Lipinski definition) is 1. The molecule has 1 unspecified atom stereocenters. The van der Waals surface area contributed by atoms with Crippen molar-refractivity contribution in [3.63, 3.8) is 0 Å². The van der Waals surface area contributed by atoms with Gasteiger partial charge in [0.2, 0.25) is 0 Å². The molecule has 0 spiro atoms. The van der Waals surface area contributed by atoms with Crippen LogP contribution in [0.4, 0.5) is 0 Å². The first-order valence-corrected chi connectivity index (χ1v) is 7.41. The van der Waals surface area contributed by atoms with Crippen LogP contribution in [-0.4, -0.2) is 12.6 Å². The minimum Gasteiger partial charge on any atom is -0.314 e. The van der Waals surface area contributed by atoms with E-state index >= 15 is 0 Å². The third-order valence-electron chi connectivity index (χ3n) is 4.41. The summed E-state index contributed by atoms with van der Waals surface area (Å²) in [4.78, 5) is 0. The molecule has 1 saturated carbocycles. The molecule has 1 aromatic rings. The Morgan fingerprint density at radius 1 is 1.11 bits per heavy atom. The van der Waals surface area contributed by atoms with Gasteiger partial charge in [-0.3, -0.25) is 0 Å². The second kappa shape index (κ2) is 5.44. The van der Waals surface area contributed by atoms with Gasteiger partial charge >= 0.3 is 0 Å². The van der Waals surface area contributed by atoms with Gasteiger partial charge in [-0.1, -0.05) is 52.0 Å². The lowest BCUT2D eigenvalue weighted by Crippen LogP contribution is -2.32. The van der Waals surface area contributed by atoms with E-state index in [0.717, 1.165) is 6.54 Å². The Kier molecular flexibility index (Phi) is 4.11. The molecule has 0 radical (unpaired) electrons. The van der Waals surface area contributed by atoms with Crippen LogP contribution in [0.25, 0.3) is 0 Å². The normalized spacial score (nSPS) is 18.9. The molecule has 1 aliphatic carbocycles. The number of nitrogens with one attached hydrogen (secondary N) is 1. The second-order valence-electron chi connectivity index (χ2n) is 6.25. The highest BCUT2D eigenvalue weighted by atomic mass is 14.9. The van der Waals surface area contributed by atoms with Crippen molar-refractivity contribution >= 4 is 0 Å². The number of hydrogen-bond acceptors (Lipinski definition) is 1. The lowest BCUT2D eigenvalue weighted by atomic mass is 9.91. The fourth-order valence-electron chi connectivity index (χ4n) is 2.52. The van der Waals surface area contributed by atoms with Gasteiger partial charge in [0.05, 0.1) is 0 Å². The van der Waals surface area contributed by atoms with E-state index in [-0.39, 0.29) is 0 Å². The first-order valence-electron chi connectivity index (χ1n) is 7.41. The van der Waals surface area contributed by atoms with Crippen molar-refractivity contribution in [2.45, 2.75) is 64.3 Å². The second-order valence-corrected chi connectivity index (χ2v) is 6.25. The Hall–Kier alpha value is -0.820. The zero-order valence-corrected chi connectivity index (χ0v) is 12.3. The van der Waals surface area contributed by atoms with E-state index in [9.17, 15) is 0 Å². The molecular weight excluding hydrogens is 218 g/mol. The van der Waals surface area contributed by atoms with Crippen molar-refractivity contribution in [1.29, 1.82) is 0 Å². The lowest BCUT2D eigenvalue weighted by Gasteiger charge is -2.19. The maximum absolute atomic E-state index is 3.60. The van der Waals surface area contributed by atoms with Gasteiger partial charge in [-0.15, -0.1) is 0 Å². The van der Waals surface area contributed by atoms with E-state index in [2.05, 4.69) is 57.3 Å². The summed E-state index contributed by atoms with van der Waals surface area (Å²) in [6.07, 6.45) is 3.91. The molecule has 1 nitrogen and oxygen atoms in total. The Balaban J connectivity index is 2.05. The van der Waals surface area contributed by atoms with E-state index in [0.29, 0.717) is 17.4 Å². The molecule has 1 atom stereocenters. The molecule has 0 bridgehead atoms. The molecule has 1 aromatic carbocycles. The summed E-state index contributed by atoms with van der Waals surface area (Å²) >= 11 is 0. The minimum atomic E-state index is 0.443. The quantitative estimate of drug-likeness (QED) is 0.791. The number of rotatable bonds is 6. The molecule has 0 aromatic heterocycles.